The van der Waals surface area contributed by atoms with Crippen LogP contribution in [0.25, 0.3) is 43.2 Å². The first-order chi connectivity index (χ1) is 33.9. The molecule has 0 saturated heterocycles. The molecular formula is C52H41ClFN5O9S2. The maximum atomic E-state index is 14.4. The van der Waals surface area contributed by atoms with Gasteiger partial charge in [0.15, 0.2) is 11.9 Å². The molecule has 0 N–H and O–H groups in total. The maximum Gasteiger partial charge on any atom is 0.347 e. The number of hydrogen-bond acceptors (Lipinski definition) is 15. The summed E-state index contributed by atoms with van der Waals surface area (Å²) in [7, 11) is -4.24. The van der Waals surface area contributed by atoms with Crippen molar-refractivity contribution in [3.8, 4) is 62.2 Å². The second-order valence-electron chi connectivity index (χ2n) is 16.0. The molecular weight excluding hydrogens is 957 g/mol. The predicted octanol–water partition coefficient (Wildman–Crippen LogP) is 10.4. The summed E-state index contributed by atoms with van der Waals surface area (Å²) in [5, 5.41) is 10.4. The third-order valence-electron chi connectivity index (χ3n) is 11.2. The van der Waals surface area contributed by atoms with Gasteiger partial charge in [-0.25, -0.2) is 29.1 Å². The van der Waals surface area contributed by atoms with Crippen molar-refractivity contribution >= 4 is 49.2 Å². The molecule has 5 aromatic carbocycles. The van der Waals surface area contributed by atoms with E-state index in [1.54, 1.807) is 105 Å². The van der Waals surface area contributed by atoms with Crippen molar-refractivity contribution < 1.29 is 45.5 Å². The highest BCUT2D eigenvalue weighted by Crippen LogP contribution is 2.50. The number of rotatable bonds is 11. The van der Waals surface area contributed by atoms with Crippen LogP contribution < -0.4 is 18.9 Å². The Balaban J connectivity index is 1.16. The topological polar surface area (TPSA) is 182 Å². The molecule has 2 atom stereocenters. The van der Waals surface area contributed by atoms with E-state index in [1.807, 2.05) is 6.92 Å². The molecule has 0 aliphatic carbocycles. The molecule has 0 amide bonds. The molecule has 70 heavy (non-hydrogen) atoms. The van der Waals surface area contributed by atoms with Crippen LogP contribution in [-0.2, 0) is 36.9 Å². The number of halogens is 2. The molecule has 3 aromatic heterocycles. The number of aryl methyl sites for hydroxylation is 1. The van der Waals surface area contributed by atoms with Crippen molar-refractivity contribution in [3.05, 3.63) is 161 Å². The molecule has 2 aliphatic rings. The van der Waals surface area contributed by atoms with Crippen LogP contribution in [-0.4, -0.2) is 66.4 Å². The van der Waals surface area contributed by atoms with Crippen LogP contribution in [0.5, 0.6) is 23.1 Å². The van der Waals surface area contributed by atoms with E-state index < -0.39 is 40.7 Å². The molecule has 10 rings (SSSR count). The van der Waals surface area contributed by atoms with E-state index in [2.05, 4.69) is 26.0 Å². The number of carbonyl (C=O) groups excluding carboxylic acids is 1. The normalized spacial score (nSPS) is 14.7. The summed E-state index contributed by atoms with van der Waals surface area (Å²) in [4.78, 5) is 33.5. The molecule has 18 heteroatoms. The van der Waals surface area contributed by atoms with Gasteiger partial charge < -0.3 is 23.7 Å². The number of carbonyl (C=O) groups is 1. The molecule has 0 spiro atoms. The van der Waals surface area contributed by atoms with E-state index >= 15 is 0 Å². The lowest BCUT2D eigenvalue weighted by atomic mass is 9.96. The van der Waals surface area contributed by atoms with E-state index in [-0.39, 0.29) is 47.8 Å². The maximum absolute atomic E-state index is 14.4. The number of nitrogens with zero attached hydrogens (tertiary/aromatic N) is 5. The first-order valence-electron chi connectivity index (χ1n) is 21.9. The third kappa shape index (κ3) is 10.3. The highest BCUT2D eigenvalue weighted by molar-refractivity contribution is 7.86. The zero-order chi connectivity index (χ0) is 48.9. The molecule has 4 bridgehead atoms. The predicted molar refractivity (Wildman–Crippen MR) is 260 cm³/mol. The van der Waals surface area contributed by atoms with Crippen LogP contribution >= 0.6 is 22.9 Å². The number of ether oxygens (including phenoxy) is 5. The molecule has 0 unspecified atom stereocenters. The average Bonchev–Trinajstić information content (AvgIpc) is 3.76. The lowest BCUT2D eigenvalue weighted by Gasteiger charge is -2.22. The van der Waals surface area contributed by atoms with Crippen LogP contribution in [0.3, 0.4) is 0 Å². The average molecular weight is 999 g/mol. The molecule has 0 fully saturated rings. The lowest BCUT2D eigenvalue weighted by molar-refractivity contribution is -0.151. The first kappa shape index (κ1) is 47.6. The van der Waals surface area contributed by atoms with Crippen molar-refractivity contribution in [1.29, 1.82) is 5.26 Å². The van der Waals surface area contributed by atoms with Gasteiger partial charge in [0.2, 0.25) is 12.0 Å². The standard InChI is InChI=1S/C52H41ClFN5O9S2/c1-4-63-52(60)44-24-34-23-37(15-19-42(34)65-26-36-21-22-56-49(59-36)41-8-6-5-7-33(41)25-55)64-27-38(28-66-70(61,62)39-16-9-30(2)10-17-39)67-43-20-18-40(31(3)47(43)53)45-46-50(68-44)57-29-58-51(46)69-48(45)32-11-13-35(54)14-12-32/h5-23,29,38,44H,4,24,26-28H2,1-3H3/t38-,44+/m0/s1. The number of esters is 1. The molecule has 5 heterocycles. The van der Waals surface area contributed by atoms with Gasteiger partial charge in [-0.05, 0) is 104 Å². The van der Waals surface area contributed by atoms with Gasteiger partial charge in [-0.1, -0.05) is 59.6 Å². The van der Waals surface area contributed by atoms with E-state index in [4.69, 9.17) is 39.5 Å². The van der Waals surface area contributed by atoms with Crippen LogP contribution in [0, 0.1) is 31.0 Å². The van der Waals surface area contributed by atoms with Crippen LogP contribution in [0.15, 0.2) is 127 Å². The molecule has 0 saturated carbocycles. The summed E-state index contributed by atoms with van der Waals surface area (Å²) in [5.74, 6) is 0.138. The van der Waals surface area contributed by atoms with Crippen LogP contribution in [0.2, 0.25) is 5.02 Å². The summed E-state index contributed by atoms with van der Waals surface area (Å²) in [6, 6.07) is 31.6. The molecule has 8 aromatic rings. The first-order valence-corrected chi connectivity index (χ1v) is 24.5. The Hall–Kier alpha value is -7.49. The van der Waals surface area contributed by atoms with Crippen molar-refractivity contribution in [2.45, 2.75) is 50.9 Å². The summed E-state index contributed by atoms with van der Waals surface area (Å²) in [6.07, 6.45) is 0.424. The number of aromatic nitrogens is 4. The fourth-order valence-corrected chi connectivity index (χ4v) is 10.0. The van der Waals surface area contributed by atoms with Crippen molar-refractivity contribution in [2.75, 3.05) is 19.8 Å². The monoisotopic (exact) mass is 997 g/mol. The minimum atomic E-state index is -4.24. The van der Waals surface area contributed by atoms with Gasteiger partial charge in [-0.15, -0.1) is 11.3 Å². The van der Waals surface area contributed by atoms with Gasteiger partial charge in [0.05, 0.1) is 39.2 Å². The zero-order valence-corrected chi connectivity index (χ0v) is 40.1. The van der Waals surface area contributed by atoms with Gasteiger partial charge in [0.25, 0.3) is 10.1 Å². The zero-order valence-electron chi connectivity index (χ0n) is 37.7. The van der Waals surface area contributed by atoms with Gasteiger partial charge in [0.1, 0.15) is 54.0 Å². The Morgan fingerprint density at radius 3 is 2.53 bits per heavy atom. The van der Waals surface area contributed by atoms with Crippen LogP contribution in [0.4, 0.5) is 4.39 Å². The SMILES string of the molecule is CCOC(=O)[C@H]1Cc2cc(ccc2OCc2ccnc(-c3ccccc3C#N)n2)OC[C@@H](COS(=O)(=O)c2ccc(C)cc2)Oc2ccc(c(C)c2Cl)-c2c(-c3ccc(F)cc3)sc3ncnc(c23)O1. The molecule has 2 aliphatic heterocycles. The van der Waals surface area contributed by atoms with E-state index in [1.165, 1.54) is 41.9 Å². The number of fused-ring (bicyclic) bond motifs is 7. The highest BCUT2D eigenvalue weighted by Gasteiger charge is 2.31. The van der Waals surface area contributed by atoms with Gasteiger partial charge >= 0.3 is 5.97 Å². The second-order valence-corrected chi connectivity index (χ2v) is 19.0. The summed E-state index contributed by atoms with van der Waals surface area (Å²) < 4.78 is 78.4. The second kappa shape index (κ2) is 20.6. The van der Waals surface area contributed by atoms with Gasteiger partial charge in [-0.2, -0.15) is 13.7 Å². The molecule has 14 nitrogen and oxygen atoms in total. The minimum Gasteiger partial charge on any atom is -0.490 e. The fourth-order valence-electron chi connectivity index (χ4n) is 7.73. The third-order valence-corrected chi connectivity index (χ3v) is 14.2. The van der Waals surface area contributed by atoms with Crippen molar-refractivity contribution in [1.82, 2.24) is 19.9 Å². The molecule has 354 valence electrons. The van der Waals surface area contributed by atoms with Gasteiger partial charge in [0, 0.05) is 34.2 Å². The molecule has 0 radical (unpaired) electrons. The van der Waals surface area contributed by atoms with Crippen LogP contribution in [0.1, 0.15) is 34.9 Å². The summed E-state index contributed by atoms with van der Waals surface area (Å²) in [5.41, 5.74) is 5.25. The summed E-state index contributed by atoms with van der Waals surface area (Å²) in [6.45, 7) is 4.63. The summed E-state index contributed by atoms with van der Waals surface area (Å²) >= 11 is 8.49. The van der Waals surface area contributed by atoms with Crippen molar-refractivity contribution in [3.63, 3.8) is 0 Å². The Morgan fingerprint density at radius 2 is 1.74 bits per heavy atom. The largest absolute Gasteiger partial charge is 0.490 e. The highest BCUT2D eigenvalue weighted by atomic mass is 35.5. The fraction of sp³-hybridized carbons (Fsp3) is 0.192. The number of nitriles is 1. The van der Waals surface area contributed by atoms with Gasteiger partial charge in [-0.3, -0.25) is 4.18 Å². The Labute approximate surface area is 411 Å². The van der Waals surface area contributed by atoms with E-state index in [9.17, 15) is 22.9 Å². The van der Waals surface area contributed by atoms with E-state index in [0.717, 1.165) is 5.56 Å². The quantitative estimate of drug-likeness (QED) is 0.0881. The Bertz CT molecular complexity index is 3410. The smallest absolute Gasteiger partial charge is 0.347 e. The lowest BCUT2D eigenvalue weighted by Crippen LogP contribution is -2.32. The number of benzene rings is 5. The Morgan fingerprint density at radius 1 is 0.943 bits per heavy atom. The number of thiophene rings is 1. The minimum absolute atomic E-state index is 0.0337. The Kier molecular flexibility index (Phi) is 14.0. The van der Waals surface area contributed by atoms with Crippen molar-refractivity contribution in [2.24, 2.45) is 0 Å². The number of hydrogen-bond donors (Lipinski definition) is 0. The van der Waals surface area contributed by atoms with E-state index in [0.29, 0.717) is 77.1 Å².